The van der Waals surface area contributed by atoms with E-state index in [4.69, 9.17) is 15.5 Å². The Morgan fingerprint density at radius 1 is 0.861 bits per heavy atom. The Bertz CT molecular complexity index is 1570. The molecule has 0 aliphatic heterocycles. The van der Waals surface area contributed by atoms with Gasteiger partial charge in [0.05, 0.1) is 22.3 Å². The van der Waals surface area contributed by atoms with Gasteiger partial charge in [0.2, 0.25) is 11.9 Å². The predicted molar refractivity (Wildman–Crippen MR) is 142 cm³/mol. The van der Waals surface area contributed by atoms with Gasteiger partial charge in [-0.3, -0.25) is 9.36 Å². The Labute approximate surface area is 211 Å². The highest BCUT2D eigenvalue weighted by Gasteiger charge is 2.15. The van der Waals surface area contributed by atoms with E-state index in [9.17, 15) is 4.79 Å². The van der Waals surface area contributed by atoms with E-state index >= 15 is 0 Å². The van der Waals surface area contributed by atoms with E-state index in [1.807, 2.05) is 86.9 Å². The molecule has 0 bridgehead atoms. The number of anilines is 2. The van der Waals surface area contributed by atoms with Crippen molar-refractivity contribution in [1.82, 2.24) is 24.5 Å². The van der Waals surface area contributed by atoms with Crippen molar-refractivity contribution >= 4 is 34.6 Å². The number of aromatic nitrogens is 5. The summed E-state index contributed by atoms with van der Waals surface area (Å²) >= 11 is 1.35. The van der Waals surface area contributed by atoms with Gasteiger partial charge in [-0.2, -0.15) is 15.0 Å². The highest BCUT2D eigenvalue weighted by Crippen LogP contribution is 2.26. The lowest BCUT2D eigenvalue weighted by Gasteiger charge is -2.14. The summed E-state index contributed by atoms with van der Waals surface area (Å²) in [6.07, 6.45) is 0. The fraction of sp³-hybridized carbons (Fsp3) is 0.115. The molecule has 180 valence electrons. The second-order valence-electron chi connectivity index (χ2n) is 8.05. The van der Waals surface area contributed by atoms with Crippen LogP contribution in [-0.2, 0) is 5.75 Å². The molecule has 2 aromatic heterocycles. The molecule has 0 fully saturated rings. The number of nitrogens with two attached hydrogens (primary N) is 1. The minimum absolute atomic E-state index is 0.141. The first kappa shape index (κ1) is 23.3. The zero-order valence-electron chi connectivity index (χ0n) is 19.7. The average molecular weight is 498 g/mol. The summed E-state index contributed by atoms with van der Waals surface area (Å²) in [5.74, 6) is 2.86. The van der Waals surface area contributed by atoms with Crippen LogP contribution in [0.1, 0.15) is 5.82 Å². The van der Waals surface area contributed by atoms with Gasteiger partial charge in [0, 0.05) is 14.1 Å². The van der Waals surface area contributed by atoms with Crippen molar-refractivity contribution in [2.24, 2.45) is 0 Å². The van der Waals surface area contributed by atoms with Gasteiger partial charge in [0.1, 0.15) is 17.3 Å². The molecule has 9 nitrogen and oxygen atoms in total. The van der Waals surface area contributed by atoms with E-state index in [1.165, 1.54) is 11.8 Å². The lowest BCUT2D eigenvalue weighted by Crippen LogP contribution is -2.22. The summed E-state index contributed by atoms with van der Waals surface area (Å²) in [5.41, 5.74) is 7.00. The first-order chi connectivity index (χ1) is 17.5. The van der Waals surface area contributed by atoms with Crippen LogP contribution in [0, 0.1) is 0 Å². The largest absolute Gasteiger partial charge is 0.457 e. The molecule has 0 aliphatic rings. The van der Waals surface area contributed by atoms with Crippen LogP contribution in [0.5, 0.6) is 11.5 Å². The molecule has 0 unspecified atom stereocenters. The number of nitrogen functional groups attached to an aromatic ring is 1. The van der Waals surface area contributed by atoms with Crippen molar-refractivity contribution in [3.63, 3.8) is 0 Å². The number of rotatable bonds is 7. The molecular weight excluding hydrogens is 474 g/mol. The van der Waals surface area contributed by atoms with Crippen LogP contribution in [0.25, 0.3) is 16.6 Å². The van der Waals surface area contributed by atoms with Gasteiger partial charge >= 0.3 is 0 Å². The molecule has 0 saturated heterocycles. The molecule has 0 atom stereocenters. The minimum Gasteiger partial charge on any atom is -0.457 e. The second kappa shape index (κ2) is 10.0. The van der Waals surface area contributed by atoms with Gasteiger partial charge in [-0.25, -0.2) is 4.98 Å². The number of para-hydroxylation sites is 2. The maximum absolute atomic E-state index is 13.5. The van der Waals surface area contributed by atoms with E-state index in [1.54, 1.807) is 15.5 Å². The van der Waals surface area contributed by atoms with Crippen molar-refractivity contribution in [2.45, 2.75) is 10.9 Å². The van der Waals surface area contributed by atoms with Gasteiger partial charge in [0.25, 0.3) is 5.56 Å². The highest BCUT2D eigenvalue weighted by atomic mass is 32.2. The van der Waals surface area contributed by atoms with E-state index in [2.05, 4.69) is 15.0 Å². The zero-order chi connectivity index (χ0) is 25.1. The quantitative estimate of drug-likeness (QED) is 0.260. The molecule has 0 spiro atoms. The first-order valence-corrected chi connectivity index (χ1v) is 12.1. The number of fused-ring (bicyclic) bond motifs is 1. The van der Waals surface area contributed by atoms with E-state index in [0.29, 0.717) is 45.0 Å². The van der Waals surface area contributed by atoms with Crippen molar-refractivity contribution in [3.8, 4) is 17.2 Å². The van der Waals surface area contributed by atoms with Crippen molar-refractivity contribution in [2.75, 3.05) is 24.7 Å². The molecule has 2 heterocycles. The molecule has 2 N–H and O–H groups in total. The third-order valence-electron chi connectivity index (χ3n) is 5.24. The van der Waals surface area contributed by atoms with Crippen LogP contribution in [0.3, 0.4) is 0 Å². The number of thioether (sulfide) groups is 1. The van der Waals surface area contributed by atoms with Crippen LogP contribution in [0.4, 0.5) is 11.9 Å². The predicted octanol–water partition coefficient (Wildman–Crippen LogP) is 4.30. The van der Waals surface area contributed by atoms with Gasteiger partial charge < -0.3 is 15.4 Å². The highest BCUT2D eigenvalue weighted by molar-refractivity contribution is 7.98. The summed E-state index contributed by atoms with van der Waals surface area (Å²) in [6.45, 7) is 0. The Kier molecular flexibility index (Phi) is 6.50. The van der Waals surface area contributed by atoms with Crippen LogP contribution >= 0.6 is 11.8 Å². The summed E-state index contributed by atoms with van der Waals surface area (Å²) in [7, 11) is 3.67. The first-order valence-electron chi connectivity index (χ1n) is 11.1. The van der Waals surface area contributed by atoms with Crippen LogP contribution < -0.4 is 20.9 Å². The Balaban J connectivity index is 1.51. The molecule has 0 amide bonds. The van der Waals surface area contributed by atoms with Gasteiger partial charge in [-0.1, -0.05) is 42.1 Å². The number of nitrogens with zero attached hydrogens (tertiary/aromatic N) is 6. The van der Waals surface area contributed by atoms with E-state index in [-0.39, 0.29) is 11.5 Å². The fourth-order valence-electron chi connectivity index (χ4n) is 3.54. The van der Waals surface area contributed by atoms with Crippen LogP contribution in [-0.4, -0.2) is 38.6 Å². The lowest BCUT2D eigenvalue weighted by molar-refractivity contribution is 0.482. The molecule has 0 saturated carbocycles. The van der Waals surface area contributed by atoms with E-state index < -0.39 is 0 Å². The molecule has 0 radical (unpaired) electrons. The number of benzene rings is 3. The van der Waals surface area contributed by atoms with Crippen LogP contribution in [0.2, 0.25) is 0 Å². The van der Waals surface area contributed by atoms with E-state index in [0.717, 1.165) is 5.75 Å². The summed E-state index contributed by atoms with van der Waals surface area (Å²) < 4.78 is 7.49. The van der Waals surface area contributed by atoms with Gasteiger partial charge in [-0.05, 0) is 48.5 Å². The molecule has 10 heteroatoms. The third-order valence-corrected chi connectivity index (χ3v) is 6.17. The summed E-state index contributed by atoms with van der Waals surface area (Å²) in [6, 6.07) is 24.2. The smallest absolute Gasteiger partial charge is 0.266 e. The Morgan fingerprint density at radius 3 is 2.31 bits per heavy atom. The maximum atomic E-state index is 13.5. The fourth-order valence-corrected chi connectivity index (χ4v) is 4.41. The van der Waals surface area contributed by atoms with Crippen LogP contribution in [0.15, 0.2) is 88.8 Å². The monoisotopic (exact) mass is 497 g/mol. The normalized spacial score (nSPS) is 10.9. The molecule has 3 aromatic carbocycles. The molecule has 36 heavy (non-hydrogen) atoms. The molecular formula is C26H23N7O2S. The molecule has 5 aromatic rings. The Hall–Kier alpha value is -4.44. The van der Waals surface area contributed by atoms with Gasteiger partial charge in [-0.15, -0.1) is 0 Å². The molecule has 0 aliphatic carbocycles. The SMILES string of the molecule is CN(C)c1nc(N)nc(CSc2nc3ccccc3c(=O)n2-c2ccc(Oc3ccccc3)cc2)n1. The molecule has 5 rings (SSSR count). The average Bonchev–Trinajstić information content (AvgIpc) is 2.88. The van der Waals surface area contributed by atoms with Crippen molar-refractivity contribution in [1.29, 1.82) is 0 Å². The summed E-state index contributed by atoms with van der Waals surface area (Å²) in [4.78, 5) is 32.9. The maximum Gasteiger partial charge on any atom is 0.266 e. The Morgan fingerprint density at radius 2 is 1.56 bits per heavy atom. The second-order valence-corrected chi connectivity index (χ2v) is 9.00. The third kappa shape index (κ3) is 4.98. The topological polar surface area (TPSA) is 112 Å². The van der Waals surface area contributed by atoms with Crippen molar-refractivity contribution in [3.05, 3.63) is 95.0 Å². The number of hydrogen-bond donors (Lipinski definition) is 1. The van der Waals surface area contributed by atoms with Crippen molar-refractivity contribution < 1.29 is 4.74 Å². The summed E-state index contributed by atoms with van der Waals surface area (Å²) in [5, 5.41) is 1.05. The zero-order valence-corrected chi connectivity index (χ0v) is 20.5. The number of ether oxygens (including phenoxy) is 1. The standard InChI is InChI=1S/C26H23N7O2S/c1-32(2)25-30-22(29-24(27)31-25)16-36-26-28-21-11-7-6-10-20(21)23(34)33(26)17-12-14-19(15-13-17)35-18-8-4-3-5-9-18/h3-15H,16H2,1-2H3,(H2,27,29,30,31). The minimum atomic E-state index is -0.163. The lowest BCUT2D eigenvalue weighted by atomic mass is 10.2. The van der Waals surface area contributed by atoms with Gasteiger partial charge in [0.15, 0.2) is 5.16 Å². The number of hydrogen-bond acceptors (Lipinski definition) is 9.